The van der Waals surface area contributed by atoms with Crippen LogP contribution in [0.25, 0.3) is 76.8 Å². The second-order valence-electron chi connectivity index (χ2n) is 30.2. The quantitative estimate of drug-likeness (QED) is 0.0889. The highest BCUT2D eigenvalue weighted by Crippen LogP contribution is 2.56. The smallest absolute Gasteiger partial charge is 0.248 e. The highest BCUT2D eigenvalue weighted by molar-refractivity contribution is 7.02. The van der Waals surface area contributed by atoms with Crippen molar-refractivity contribution in [3.63, 3.8) is 0 Å². The van der Waals surface area contributed by atoms with Crippen molar-refractivity contribution < 1.29 is 0 Å². The van der Waals surface area contributed by atoms with Crippen molar-refractivity contribution >= 4 is 113 Å². The molecule has 0 amide bonds. The molecule has 4 heteroatoms. The molecule has 0 atom stereocenters. The van der Waals surface area contributed by atoms with Crippen LogP contribution in [-0.4, -0.2) is 13.4 Å². The summed E-state index contributed by atoms with van der Waals surface area (Å²) >= 11 is 0. The lowest BCUT2D eigenvalue weighted by molar-refractivity contribution is 0.807. The van der Waals surface area contributed by atoms with Gasteiger partial charge in [0.25, 0.3) is 0 Å². The van der Waals surface area contributed by atoms with Crippen molar-refractivity contribution in [2.45, 2.75) is 158 Å². The number of hydrogen-bond donors (Lipinski definition) is 0. The molecule has 4 heterocycles. The standard InChI is InChI=1S/C88H86B2N2/c1-47(2)55-35-61(51(9)10)81(62(36-55)52(11)12)65-43-67-71-39-57(49(5)6)41-79-87(71)90(74-32-24-26-34-78(74)91(79)59-27-19-17-20-28-59)76-46-70-66(82-63(53(13)14)37-56(48(3)4)38-64(82)54(15)16)44-68-72-40-58(50(7)8)42-80-88(72)89(75-45-69(65)85(83(67)76)86(70)84(68)75)73-31-23-25-33-77(73)92(80)60-29-21-18-22-30-60/h17-54H,1-16H3. The summed E-state index contributed by atoms with van der Waals surface area (Å²) in [4.78, 5) is 5.21. The maximum atomic E-state index is 2.78. The molecule has 0 fully saturated rings. The first-order chi connectivity index (χ1) is 44.3. The Balaban J connectivity index is 1.19. The third-order valence-corrected chi connectivity index (χ3v) is 21.9. The third kappa shape index (κ3) is 8.46. The minimum Gasteiger partial charge on any atom is -0.311 e. The molecule has 0 N–H and O–H groups in total. The Kier molecular flexibility index (Phi) is 13.7. The molecule has 0 radical (unpaired) electrons. The normalized spacial score (nSPS) is 13.7. The largest absolute Gasteiger partial charge is 0.311 e. The Morgan fingerprint density at radius 3 is 0.891 bits per heavy atom. The van der Waals surface area contributed by atoms with Crippen molar-refractivity contribution in [2.24, 2.45) is 0 Å². The van der Waals surface area contributed by atoms with Gasteiger partial charge < -0.3 is 9.80 Å². The first kappa shape index (κ1) is 58.5. The summed E-state index contributed by atoms with van der Waals surface area (Å²) in [5, 5.41) is 8.42. The Hall–Kier alpha value is -8.59. The molecular formula is C88H86B2N2. The Morgan fingerprint density at radius 1 is 0.250 bits per heavy atom. The third-order valence-electron chi connectivity index (χ3n) is 21.9. The van der Waals surface area contributed by atoms with Gasteiger partial charge in [0.1, 0.15) is 0 Å². The van der Waals surface area contributed by atoms with E-state index in [0.717, 1.165) is 0 Å². The first-order valence-corrected chi connectivity index (χ1v) is 34.8. The van der Waals surface area contributed by atoms with E-state index in [2.05, 4.69) is 303 Å². The van der Waals surface area contributed by atoms with Crippen LogP contribution in [0, 0.1) is 0 Å². The fourth-order valence-corrected chi connectivity index (χ4v) is 17.3. The van der Waals surface area contributed by atoms with Crippen LogP contribution in [0.2, 0.25) is 0 Å². The molecule has 0 bridgehead atoms. The molecule has 0 saturated heterocycles. The van der Waals surface area contributed by atoms with E-state index in [4.69, 9.17) is 0 Å². The van der Waals surface area contributed by atoms with Gasteiger partial charge in [0.15, 0.2) is 0 Å². The van der Waals surface area contributed by atoms with Gasteiger partial charge in [-0.15, -0.1) is 0 Å². The average molecular weight is 1190 g/mol. The summed E-state index contributed by atoms with van der Waals surface area (Å²) < 4.78 is 0. The van der Waals surface area contributed by atoms with E-state index < -0.39 is 0 Å². The Morgan fingerprint density at radius 2 is 0.565 bits per heavy atom. The van der Waals surface area contributed by atoms with Crippen LogP contribution in [0.5, 0.6) is 0 Å². The van der Waals surface area contributed by atoms with E-state index in [1.807, 2.05) is 0 Å². The van der Waals surface area contributed by atoms with Gasteiger partial charge in [0, 0.05) is 34.1 Å². The van der Waals surface area contributed by atoms with Gasteiger partial charge in [0.05, 0.1) is 0 Å². The second-order valence-corrected chi connectivity index (χ2v) is 30.2. The van der Waals surface area contributed by atoms with Crippen molar-refractivity contribution in [3.8, 4) is 44.5 Å². The van der Waals surface area contributed by atoms with E-state index >= 15 is 0 Å². The van der Waals surface area contributed by atoms with Gasteiger partial charge >= 0.3 is 0 Å². The van der Waals surface area contributed by atoms with E-state index in [-0.39, 0.29) is 37.1 Å². The van der Waals surface area contributed by atoms with E-state index in [0.29, 0.717) is 23.7 Å². The van der Waals surface area contributed by atoms with E-state index in [1.165, 1.54) is 188 Å². The van der Waals surface area contributed by atoms with Gasteiger partial charge in [-0.05, 0) is 251 Å². The number of hydrogen-bond acceptors (Lipinski definition) is 2. The molecule has 12 aromatic rings. The summed E-state index contributed by atoms with van der Waals surface area (Å²) in [5.74, 6) is 2.46. The molecule has 0 saturated carbocycles. The summed E-state index contributed by atoms with van der Waals surface area (Å²) in [6.07, 6.45) is 0. The number of para-hydroxylation sites is 4. The van der Waals surface area contributed by atoms with Gasteiger partial charge in [-0.3, -0.25) is 0 Å². The molecular weight excluding hydrogens is 1110 g/mol. The van der Waals surface area contributed by atoms with Crippen LogP contribution in [0.1, 0.15) is 203 Å². The minimum absolute atomic E-state index is 0.0338. The molecule has 454 valence electrons. The molecule has 92 heavy (non-hydrogen) atoms. The van der Waals surface area contributed by atoms with Crippen LogP contribution in [0.3, 0.4) is 0 Å². The fourth-order valence-electron chi connectivity index (χ4n) is 17.3. The Bertz CT molecular complexity index is 4650. The summed E-state index contributed by atoms with van der Waals surface area (Å²) in [6.45, 7) is 38.6. The number of rotatable bonds is 12. The zero-order valence-electron chi connectivity index (χ0n) is 57.0. The summed E-state index contributed by atoms with van der Waals surface area (Å²) in [6, 6.07) is 73.1. The van der Waals surface area contributed by atoms with Crippen molar-refractivity contribution in [1.29, 1.82) is 0 Å². The lowest BCUT2D eigenvalue weighted by Gasteiger charge is -2.43. The molecule has 0 aliphatic carbocycles. The molecule has 4 aliphatic rings. The average Bonchev–Trinajstić information content (AvgIpc) is 0.665. The molecule has 2 nitrogen and oxygen atoms in total. The van der Waals surface area contributed by atoms with Crippen LogP contribution < -0.4 is 42.6 Å². The number of fused-ring (bicyclic) bond motifs is 8. The maximum absolute atomic E-state index is 2.78. The lowest BCUT2D eigenvalue weighted by atomic mass is 9.31. The summed E-state index contributed by atoms with van der Waals surface area (Å²) in [7, 11) is 0. The summed E-state index contributed by atoms with van der Waals surface area (Å²) in [5.41, 5.74) is 38.2. The molecule has 0 aromatic heterocycles. The number of benzene rings is 12. The fraction of sp³-hybridized carbons (Fsp3) is 0.273. The van der Waals surface area contributed by atoms with Crippen LogP contribution in [0.15, 0.2) is 182 Å². The van der Waals surface area contributed by atoms with Gasteiger partial charge in [-0.1, -0.05) is 243 Å². The van der Waals surface area contributed by atoms with Crippen LogP contribution >= 0.6 is 0 Å². The minimum atomic E-state index is -0.0338. The Labute approximate surface area is 548 Å². The molecule has 16 rings (SSSR count). The SMILES string of the molecule is CC(C)c1cc(C(C)C)c(-c2cc3c4c(cc5c(-c6c(C(C)C)cc(C(C)C)cc6C(C)C)cc6c7c(cc2c4c57)B2c4ccccc4N(c4ccccc4)c4cc(C(C)C)cc-6c42)B2c4ccccc4N(c4ccccc4)c4cc(C(C)C)cc-3c42)c(C(C)C)c1. The monoisotopic (exact) mass is 1190 g/mol. The van der Waals surface area contributed by atoms with Gasteiger partial charge in [-0.25, -0.2) is 0 Å². The van der Waals surface area contributed by atoms with Crippen molar-refractivity contribution in [1.82, 2.24) is 0 Å². The highest BCUT2D eigenvalue weighted by atomic mass is 15.2. The lowest BCUT2D eigenvalue weighted by Crippen LogP contribution is -2.60. The zero-order valence-corrected chi connectivity index (χ0v) is 57.0. The molecule has 12 aromatic carbocycles. The second kappa shape index (κ2) is 21.5. The van der Waals surface area contributed by atoms with Crippen molar-refractivity contribution in [3.05, 3.63) is 226 Å². The number of nitrogens with zero attached hydrogens (tertiary/aromatic N) is 2. The first-order valence-electron chi connectivity index (χ1n) is 34.8. The highest BCUT2D eigenvalue weighted by Gasteiger charge is 2.46. The zero-order chi connectivity index (χ0) is 63.8. The van der Waals surface area contributed by atoms with E-state index in [9.17, 15) is 0 Å². The van der Waals surface area contributed by atoms with Gasteiger partial charge in [0.2, 0.25) is 13.4 Å². The van der Waals surface area contributed by atoms with E-state index in [1.54, 1.807) is 0 Å². The molecule has 0 unspecified atom stereocenters. The van der Waals surface area contributed by atoms with Crippen LogP contribution in [-0.2, 0) is 0 Å². The molecule has 4 aliphatic heterocycles. The number of anilines is 6. The molecule has 0 spiro atoms. The predicted octanol–water partition coefficient (Wildman–Crippen LogP) is 21.5. The van der Waals surface area contributed by atoms with Gasteiger partial charge in [-0.2, -0.15) is 0 Å². The predicted molar refractivity (Wildman–Crippen MR) is 403 cm³/mol. The van der Waals surface area contributed by atoms with Crippen molar-refractivity contribution in [2.75, 3.05) is 9.80 Å². The van der Waals surface area contributed by atoms with Crippen LogP contribution in [0.4, 0.5) is 34.1 Å². The maximum Gasteiger partial charge on any atom is 0.248 e. The topological polar surface area (TPSA) is 6.48 Å².